The van der Waals surface area contributed by atoms with Crippen LogP contribution in [0.25, 0.3) is 0 Å². The molecule has 2 aromatic carbocycles. The molecular formula is C23H29N3O3S. The van der Waals surface area contributed by atoms with Crippen LogP contribution in [0.3, 0.4) is 0 Å². The van der Waals surface area contributed by atoms with E-state index in [-0.39, 0.29) is 10.8 Å². The molecule has 0 N–H and O–H groups in total. The third-order valence-corrected chi connectivity index (χ3v) is 7.90. The van der Waals surface area contributed by atoms with Crippen LogP contribution in [0.4, 0.5) is 0 Å². The summed E-state index contributed by atoms with van der Waals surface area (Å²) < 4.78 is 27.1. The van der Waals surface area contributed by atoms with Crippen LogP contribution in [-0.2, 0) is 16.4 Å². The highest BCUT2D eigenvalue weighted by Crippen LogP contribution is 2.22. The second kappa shape index (κ2) is 9.29. The molecule has 4 rings (SSSR count). The van der Waals surface area contributed by atoms with Crippen molar-refractivity contribution >= 4 is 15.9 Å². The normalized spacial score (nSPS) is 18.6. The van der Waals surface area contributed by atoms with E-state index >= 15 is 0 Å². The van der Waals surface area contributed by atoms with Gasteiger partial charge in [0.05, 0.1) is 4.90 Å². The van der Waals surface area contributed by atoms with E-state index in [1.165, 1.54) is 15.9 Å². The first-order valence-electron chi connectivity index (χ1n) is 10.7. The topological polar surface area (TPSA) is 60.9 Å². The molecule has 0 radical (unpaired) electrons. The van der Waals surface area contributed by atoms with Gasteiger partial charge in [-0.3, -0.25) is 9.69 Å². The molecule has 2 aliphatic rings. The Hall–Kier alpha value is -2.22. The SMILES string of the molecule is O=C(c1cccc(S(=O)(=O)N2CCCC2)c1)N1CCN(CCc2ccccc2)CC1. The Morgan fingerprint density at radius 1 is 0.833 bits per heavy atom. The molecule has 0 aliphatic carbocycles. The Morgan fingerprint density at radius 2 is 1.53 bits per heavy atom. The molecule has 6 nitrogen and oxygen atoms in total. The van der Waals surface area contributed by atoms with Crippen molar-refractivity contribution in [3.05, 3.63) is 65.7 Å². The van der Waals surface area contributed by atoms with Crippen molar-refractivity contribution in [3.63, 3.8) is 0 Å². The molecule has 1 amide bonds. The Labute approximate surface area is 179 Å². The minimum atomic E-state index is -3.51. The Bertz CT molecular complexity index is 964. The summed E-state index contributed by atoms with van der Waals surface area (Å²) in [5.74, 6) is -0.0869. The number of hydrogen-bond donors (Lipinski definition) is 0. The second-order valence-corrected chi connectivity index (χ2v) is 9.95. The van der Waals surface area contributed by atoms with Gasteiger partial charge in [0.2, 0.25) is 10.0 Å². The van der Waals surface area contributed by atoms with Crippen LogP contribution in [0.5, 0.6) is 0 Å². The zero-order chi connectivity index (χ0) is 21.0. The zero-order valence-corrected chi connectivity index (χ0v) is 18.1. The third kappa shape index (κ3) is 4.74. The average molecular weight is 428 g/mol. The summed E-state index contributed by atoms with van der Waals surface area (Å²) in [5.41, 5.74) is 1.78. The molecule has 2 aromatic rings. The van der Waals surface area contributed by atoms with Gasteiger partial charge in [0, 0.05) is 51.4 Å². The summed E-state index contributed by atoms with van der Waals surface area (Å²) >= 11 is 0. The number of nitrogens with zero attached hydrogens (tertiary/aromatic N) is 3. The summed E-state index contributed by atoms with van der Waals surface area (Å²) in [7, 11) is -3.51. The van der Waals surface area contributed by atoms with Crippen LogP contribution in [-0.4, -0.2) is 74.2 Å². The predicted octanol–water partition coefficient (Wildman–Crippen LogP) is 2.47. The lowest BCUT2D eigenvalue weighted by Gasteiger charge is -2.34. The number of carbonyl (C=O) groups excluding carboxylic acids is 1. The Kier molecular flexibility index (Phi) is 6.51. The van der Waals surface area contributed by atoms with Gasteiger partial charge < -0.3 is 4.90 Å². The van der Waals surface area contributed by atoms with Gasteiger partial charge in [-0.15, -0.1) is 0 Å². The lowest BCUT2D eigenvalue weighted by Crippen LogP contribution is -2.49. The van der Waals surface area contributed by atoms with Crippen molar-refractivity contribution in [2.45, 2.75) is 24.2 Å². The lowest BCUT2D eigenvalue weighted by atomic mass is 10.1. The van der Waals surface area contributed by atoms with Crippen molar-refractivity contribution in [3.8, 4) is 0 Å². The van der Waals surface area contributed by atoms with Crippen LogP contribution < -0.4 is 0 Å². The Morgan fingerprint density at radius 3 is 2.23 bits per heavy atom. The minimum Gasteiger partial charge on any atom is -0.336 e. The maximum atomic E-state index is 13.0. The maximum absolute atomic E-state index is 13.0. The van der Waals surface area contributed by atoms with Gasteiger partial charge in [0.1, 0.15) is 0 Å². The first-order valence-corrected chi connectivity index (χ1v) is 12.1. The number of carbonyl (C=O) groups is 1. The van der Waals surface area contributed by atoms with Crippen LogP contribution in [0.1, 0.15) is 28.8 Å². The van der Waals surface area contributed by atoms with Crippen LogP contribution in [0.15, 0.2) is 59.5 Å². The number of benzene rings is 2. The Balaban J connectivity index is 1.35. The quantitative estimate of drug-likeness (QED) is 0.711. The summed E-state index contributed by atoms with van der Waals surface area (Å²) in [6.07, 6.45) is 2.80. The molecular weight excluding hydrogens is 398 g/mol. The molecule has 160 valence electrons. The van der Waals surface area contributed by atoms with E-state index < -0.39 is 10.0 Å². The van der Waals surface area contributed by atoms with Crippen molar-refractivity contribution in [1.29, 1.82) is 0 Å². The van der Waals surface area contributed by atoms with Gasteiger partial charge in [0.15, 0.2) is 0 Å². The molecule has 0 aromatic heterocycles. The molecule has 0 saturated carbocycles. The molecule has 0 atom stereocenters. The molecule has 7 heteroatoms. The molecule has 0 spiro atoms. The van der Waals surface area contributed by atoms with Crippen LogP contribution in [0, 0.1) is 0 Å². The number of rotatable bonds is 6. The van der Waals surface area contributed by atoms with Gasteiger partial charge in [-0.05, 0) is 43.0 Å². The molecule has 0 bridgehead atoms. The maximum Gasteiger partial charge on any atom is 0.253 e. The highest BCUT2D eigenvalue weighted by Gasteiger charge is 2.28. The van der Waals surface area contributed by atoms with Crippen molar-refractivity contribution in [2.75, 3.05) is 45.8 Å². The fourth-order valence-electron chi connectivity index (χ4n) is 4.16. The third-order valence-electron chi connectivity index (χ3n) is 6.00. The molecule has 2 aliphatic heterocycles. The summed E-state index contributed by atoms with van der Waals surface area (Å²) in [5, 5.41) is 0. The van der Waals surface area contributed by atoms with Crippen molar-refractivity contribution in [2.24, 2.45) is 0 Å². The van der Waals surface area contributed by atoms with Gasteiger partial charge >= 0.3 is 0 Å². The van der Waals surface area contributed by atoms with E-state index in [0.717, 1.165) is 38.9 Å². The highest BCUT2D eigenvalue weighted by molar-refractivity contribution is 7.89. The van der Waals surface area contributed by atoms with E-state index in [9.17, 15) is 13.2 Å². The summed E-state index contributed by atoms with van der Waals surface area (Å²) in [6.45, 7) is 5.11. The molecule has 2 heterocycles. The van der Waals surface area contributed by atoms with Gasteiger partial charge in [-0.1, -0.05) is 36.4 Å². The van der Waals surface area contributed by atoms with E-state index in [1.54, 1.807) is 18.2 Å². The summed E-state index contributed by atoms with van der Waals surface area (Å²) in [6, 6.07) is 16.9. The molecule has 2 saturated heterocycles. The average Bonchev–Trinajstić information content (AvgIpc) is 3.34. The standard InChI is InChI=1S/C23H29N3O3S/c27-23(21-9-6-10-22(19-21)30(28,29)26-12-4-5-13-26)25-17-15-24(16-18-25)14-11-20-7-2-1-3-8-20/h1-3,6-10,19H,4-5,11-18H2. The fraction of sp³-hybridized carbons (Fsp3) is 0.435. The van der Waals surface area contributed by atoms with Crippen molar-refractivity contribution < 1.29 is 13.2 Å². The molecule has 30 heavy (non-hydrogen) atoms. The van der Waals surface area contributed by atoms with Gasteiger partial charge in [-0.25, -0.2) is 8.42 Å². The number of hydrogen-bond acceptors (Lipinski definition) is 4. The van der Waals surface area contributed by atoms with E-state index in [1.807, 2.05) is 11.0 Å². The molecule has 0 unspecified atom stereocenters. The largest absolute Gasteiger partial charge is 0.336 e. The fourth-order valence-corrected chi connectivity index (χ4v) is 5.72. The predicted molar refractivity (Wildman–Crippen MR) is 117 cm³/mol. The van der Waals surface area contributed by atoms with E-state index in [0.29, 0.717) is 31.7 Å². The minimum absolute atomic E-state index is 0.0869. The number of amides is 1. The second-order valence-electron chi connectivity index (χ2n) is 8.01. The first-order chi connectivity index (χ1) is 14.5. The molecule has 2 fully saturated rings. The smallest absolute Gasteiger partial charge is 0.253 e. The van der Waals surface area contributed by atoms with Crippen molar-refractivity contribution in [1.82, 2.24) is 14.1 Å². The summed E-state index contributed by atoms with van der Waals surface area (Å²) in [4.78, 5) is 17.4. The monoisotopic (exact) mass is 427 g/mol. The van der Waals surface area contributed by atoms with Crippen LogP contribution >= 0.6 is 0 Å². The van der Waals surface area contributed by atoms with Gasteiger partial charge in [0.25, 0.3) is 5.91 Å². The lowest BCUT2D eigenvalue weighted by molar-refractivity contribution is 0.0638. The number of sulfonamides is 1. The van der Waals surface area contributed by atoms with E-state index in [4.69, 9.17) is 0 Å². The van der Waals surface area contributed by atoms with Crippen LogP contribution in [0.2, 0.25) is 0 Å². The first kappa shape index (κ1) is 21.0. The number of piperazine rings is 1. The zero-order valence-electron chi connectivity index (χ0n) is 17.2. The highest BCUT2D eigenvalue weighted by atomic mass is 32.2. The van der Waals surface area contributed by atoms with Gasteiger partial charge in [-0.2, -0.15) is 4.31 Å². The van der Waals surface area contributed by atoms with E-state index in [2.05, 4.69) is 29.2 Å².